The van der Waals surface area contributed by atoms with Gasteiger partial charge in [0.05, 0.1) is 5.69 Å². The molecule has 0 amide bonds. The molecule has 1 aliphatic rings. The summed E-state index contributed by atoms with van der Waals surface area (Å²) in [5.74, 6) is 0.995. The number of pyridine rings is 1. The van der Waals surface area contributed by atoms with E-state index in [0.29, 0.717) is 34.9 Å². The molecule has 0 radical (unpaired) electrons. The zero-order valence-electron chi connectivity index (χ0n) is 11.3. The minimum Gasteiger partial charge on any atom is -0.486 e. The van der Waals surface area contributed by atoms with E-state index in [0.717, 1.165) is 0 Å². The van der Waals surface area contributed by atoms with E-state index in [1.54, 1.807) is 6.07 Å². The van der Waals surface area contributed by atoms with Gasteiger partial charge in [-0.2, -0.15) is 0 Å². The van der Waals surface area contributed by atoms with Gasteiger partial charge in [0.1, 0.15) is 23.3 Å². The average molecular weight is 440 g/mol. The van der Waals surface area contributed by atoms with Crippen molar-refractivity contribution in [2.75, 3.05) is 17.9 Å². The van der Waals surface area contributed by atoms with E-state index in [1.807, 2.05) is 0 Å². The standard InChI is InChI=1S/C13H9BrCl2N2O4S/c14-7-5-9-10(22-4-3-21-9)6-8(7)18-23(19,20)11-1-2-12(15)17-13(11)16/h1-2,5-6,18H,3-4H2. The Labute approximate surface area is 150 Å². The lowest BCUT2D eigenvalue weighted by Crippen LogP contribution is -2.17. The van der Waals surface area contributed by atoms with Crippen LogP contribution in [0.5, 0.6) is 11.5 Å². The molecular formula is C13H9BrCl2N2O4S. The van der Waals surface area contributed by atoms with Gasteiger partial charge in [-0.1, -0.05) is 23.2 Å². The van der Waals surface area contributed by atoms with Crippen molar-refractivity contribution in [2.45, 2.75) is 4.90 Å². The second kappa shape index (κ2) is 6.35. The zero-order valence-corrected chi connectivity index (χ0v) is 15.3. The highest BCUT2D eigenvalue weighted by Gasteiger charge is 2.22. The molecule has 0 saturated heterocycles. The fourth-order valence-electron chi connectivity index (χ4n) is 1.94. The number of benzene rings is 1. The van der Waals surface area contributed by atoms with Crippen molar-refractivity contribution >= 4 is 54.8 Å². The number of hydrogen-bond donors (Lipinski definition) is 1. The van der Waals surface area contributed by atoms with Gasteiger partial charge in [0.25, 0.3) is 10.0 Å². The van der Waals surface area contributed by atoms with Crippen molar-refractivity contribution in [1.29, 1.82) is 0 Å². The monoisotopic (exact) mass is 438 g/mol. The van der Waals surface area contributed by atoms with Gasteiger partial charge in [0, 0.05) is 16.6 Å². The minimum absolute atomic E-state index is 0.106. The Hall–Kier alpha value is -1.22. The second-order valence-electron chi connectivity index (χ2n) is 4.50. The molecule has 0 unspecified atom stereocenters. The molecule has 0 fully saturated rings. The van der Waals surface area contributed by atoms with Crippen LogP contribution in [0.2, 0.25) is 10.3 Å². The highest BCUT2D eigenvalue weighted by atomic mass is 79.9. The number of fused-ring (bicyclic) bond motifs is 1. The molecule has 1 aromatic heterocycles. The molecule has 23 heavy (non-hydrogen) atoms. The highest BCUT2D eigenvalue weighted by molar-refractivity contribution is 9.10. The summed E-state index contributed by atoms with van der Waals surface area (Å²) in [6, 6.07) is 5.80. The van der Waals surface area contributed by atoms with Crippen LogP contribution in [0.3, 0.4) is 0 Å². The van der Waals surface area contributed by atoms with Crippen molar-refractivity contribution in [1.82, 2.24) is 4.98 Å². The van der Waals surface area contributed by atoms with Crippen LogP contribution in [0.15, 0.2) is 33.6 Å². The third-order valence-corrected chi connectivity index (χ3v) is 5.61. The fraction of sp³-hybridized carbons (Fsp3) is 0.154. The number of aromatic nitrogens is 1. The summed E-state index contributed by atoms with van der Waals surface area (Å²) in [6.07, 6.45) is 0. The summed E-state index contributed by atoms with van der Waals surface area (Å²) in [6.45, 7) is 0.838. The average Bonchev–Trinajstić information content (AvgIpc) is 2.47. The fourth-order valence-corrected chi connectivity index (χ4v) is 4.23. The number of sulfonamides is 1. The van der Waals surface area contributed by atoms with E-state index >= 15 is 0 Å². The molecule has 0 bridgehead atoms. The maximum atomic E-state index is 12.5. The molecule has 1 N–H and O–H groups in total. The third-order valence-electron chi connectivity index (χ3n) is 2.95. The van der Waals surface area contributed by atoms with Crippen molar-refractivity contribution in [3.63, 3.8) is 0 Å². The van der Waals surface area contributed by atoms with E-state index < -0.39 is 10.0 Å². The molecule has 1 aliphatic heterocycles. The van der Waals surface area contributed by atoms with Crippen molar-refractivity contribution in [3.8, 4) is 11.5 Å². The van der Waals surface area contributed by atoms with Gasteiger partial charge >= 0.3 is 0 Å². The predicted octanol–water partition coefficient (Wildman–Crippen LogP) is 3.72. The van der Waals surface area contributed by atoms with E-state index in [1.165, 1.54) is 18.2 Å². The van der Waals surface area contributed by atoms with Crippen LogP contribution in [-0.2, 0) is 10.0 Å². The summed E-state index contributed by atoms with van der Waals surface area (Å²) in [7, 11) is -3.94. The molecule has 122 valence electrons. The summed E-state index contributed by atoms with van der Waals surface area (Å²) in [5, 5.41) is -0.104. The van der Waals surface area contributed by atoms with E-state index in [-0.39, 0.29) is 15.2 Å². The van der Waals surface area contributed by atoms with Gasteiger partial charge in [0.2, 0.25) is 0 Å². The topological polar surface area (TPSA) is 77.5 Å². The smallest absolute Gasteiger partial charge is 0.265 e. The number of nitrogens with zero attached hydrogens (tertiary/aromatic N) is 1. The molecule has 0 spiro atoms. The van der Waals surface area contributed by atoms with E-state index in [4.69, 9.17) is 32.7 Å². The van der Waals surface area contributed by atoms with Gasteiger partial charge in [-0.3, -0.25) is 4.72 Å². The van der Waals surface area contributed by atoms with Crippen LogP contribution in [0.1, 0.15) is 0 Å². The predicted molar refractivity (Wildman–Crippen MR) is 90.2 cm³/mol. The second-order valence-corrected chi connectivity index (χ2v) is 7.75. The van der Waals surface area contributed by atoms with Crippen molar-refractivity contribution in [2.24, 2.45) is 0 Å². The summed E-state index contributed by atoms with van der Waals surface area (Å²) >= 11 is 14.8. The van der Waals surface area contributed by atoms with E-state index in [2.05, 4.69) is 25.6 Å². The van der Waals surface area contributed by atoms with Gasteiger partial charge < -0.3 is 9.47 Å². The van der Waals surface area contributed by atoms with Gasteiger partial charge in [-0.05, 0) is 28.1 Å². The number of ether oxygens (including phenoxy) is 2. The highest BCUT2D eigenvalue weighted by Crippen LogP contribution is 2.39. The molecular weight excluding hydrogens is 431 g/mol. The SMILES string of the molecule is O=S(=O)(Nc1cc2c(cc1Br)OCCO2)c1ccc(Cl)nc1Cl. The van der Waals surface area contributed by atoms with Gasteiger partial charge in [-0.15, -0.1) is 0 Å². The lowest BCUT2D eigenvalue weighted by atomic mass is 10.2. The number of hydrogen-bond acceptors (Lipinski definition) is 5. The first-order chi connectivity index (χ1) is 10.9. The third kappa shape index (κ3) is 3.50. The number of nitrogens with one attached hydrogen (secondary N) is 1. The lowest BCUT2D eigenvalue weighted by Gasteiger charge is -2.20. The number of rotatable bonds is 3. The first-order valence-electron chi connectivity index (χ1n) is 6.31. The molecule has 0 atom stereocenters. The molecule has 0 saturated carbocycles. The summed E-state index contributed by atoms with van der Waals surface area (Å²) in [5.41, 5.74) is 0.292. The van der Waals surface area contributed by atoms with Crippen LogP contribution in [0, 0.1) is 0 Å². The molecule has 2 aromatic rings. The lowest BCUT2D eigenvalue weighted by molar-refractivity contribution is 0.171. The molecule has 3 rings (SSSR count). The van der Waals surface area contributed by atoms with Gasteiger partial charge in [-0.25, -0.2) is 13.4 Å². The van der Waals surface area contributed by atoms with Crippen LogP contribution in [0.4, 0.5) is 5.69 Å². The summed E-state index contributed by atoms with van der Waals surface area (Å²) in [4.78, 5) is 3.55. The number of anilines is 1. The van der Waals surface area contributed by atoms with Crippen LogP contribution in [-0.4, -0.2) is 26.6 Å². The Morgan fingerprint density at radius 3 is 2.43 bits per heavy atom. The molecule has 10 heteroatoms. The largest absolute Gasteiger partial charge is 0.486 e. The molecule has 6 nitrogen and oxygen atoms in total. The first kappa shape index (κ1) is 16.6. The Morgan fingerprint density at radius 2 is 1.78 bits per heavy atom. The molecule has 1 aromatic carbocycles. The first-order valence-corrected chi connectivity index (χ1v) is 9.34. The molecule has 0 aliphatic carbocycles. The van der Waals surface area contributed by atoms with Crippen LogP contribution < -0.4 is 14.2 Å². The van der Waals surface area contributed by atoms with Crippen molar-refractivity contribution < 1.29 is 17.9 Å². The Balaban J connectivity index is 1.97. The Kier molecular flexibility index (Phi) is 4.59. The minimum atomic E-state index is -3.94. The number of halogens is 3. The van der Waals surface area contributed by atoms with E-state index in [9.17, 15) is 8.42 Å². The maximum Gasteiger partial charge on any atom is 0.265 e. The quantitative estimate of drug-likeness (QED) is 0.737. The normalized spacial score (nSPS) is 13.7. The van der Waals surface area contributed by atoms with Crippen LogP contribution in [0.25, 0.3) is 0 Å². The Morgan fingerprint density at radius 1 is 1.13 bits per heavy atom. The zero-order chi connectivity index (χ0) is 16.6. The van der Waals surface area contributed by atoms with Crippen LogP contribution >= 0.6 is 39.1 Å². The maximum absolute atomic E-state index is 12.5. The summed E-state index contributed by atoms with van der Waals surface area (Å²) < 4.78 is 38.8. The van der Waals surface area contributed by atoms with Gasteiger partial charge in [0.15, 0.2) is 16.7 Å². The molecule has 2 heterocycles. The van der Waals surface area contributed by atoms with Crippen molar-refractivity contribution in [3.05, 3.63) is 39.0 Å². The Bertz CT molecular complexity index is 877.